The third-order valence-electron chi connectivity index (χ3n) is 5.48. The highest BCUT2D eigenvalue weighted by atomic mass is 35.5. The molecule has 3 rings (SSSR count). The van der Waals surface area contributed by atoms with E-state index in [4.69, 9.17) is 16.3 Å². The van der Waals surface area contributed by atoms with Gasteiger partial charge in [-0.3, -0.25) is 4.79 Å². The number of aromatic nitrogens is 3. The minimum Gasteiger partial charge on any atom is -0.476 e. The van der Waals surface area contributed by atoms with Gasteiger partial charge in [0.05, 0.1) is 15.9 Å². The van der Waals surface area contributed by atoms with Gasteiger partial charge in [0.25, 0.3) is 15.9 Å². The molecule has 0 saturated carbocycles. The zero-order valence-corrected chi connectivity index (χ0v) is 23.3. The van der Waals surface area contributed by atoms with Gasteiger partial charge in [0.15, 0.2) is 5.82 Å². The second-order valence-electron chi connectivity index (χ2n) is 9.99. The zero-order valence-electron chi connectivity index (χ0n) is 20.7. The molecule has 0 fully saturated rings. The van der Waals surface area contributed by atoms with Crippen LogP contribution in [-0.2, 0) is 10.0 Å². The fraction of sp³-hybridized carbons (Fsp3) is 0.348. The minimum absolute atomic E-state index is 0.0664. The Bertz CT molecular complexity index is 1400. The van der Waals surface area contributed by atoms with Crippen LogP contribution < -0.4 is 14.6 Å². The third-order valence-corrected chi connectivity index (χ3v) is 9.18. The molecule has 2 heterocycles. The molecule has 8 nitrogen and oxygen atoms in total. The van der Waals surface area contributed by atoms with Crippen molar-refractivity contribution in [2.24, 2.45) is 5.41 Å². The molecule has 0 spiro atoms. The molecule has 0 saturated heterocycles. The SMILES string of the molecule is CC(C)(COc1ccn(-c2ccc(C(=O)NS(=O)(=O)c3ccc([Si-](C)(C)C)cc3)c(Cl)n2)n1)C(F)(F)F. The molecule has 14 heteroatoms. The van der Waals surface area contributed by atoms with E-state index in [-0.39, 0.29) is 27.3 Å². The summed E-state index contributed by atoms with van der Waals surface area (Å²) in [4.78, 5) is 16.6. The first-order chi connectivity index (χ1) is 16.9. The summed E-state index contributed by atoms with van der Waals surface area (Å²) >= 11 is 6.14. The van der Waals surface area contributed by atoms with Crippen LogP contribution in [0.4, 0.5) is 13.2 Å². The lowest BCUT2D eigenvalue weighted by Gasteiger charge is -2.29. The Hall–Kier alpha value is -2.90. The van der Waals surface area contributed by atoms with Crippen molar-refractivity contribution in [3.63, 3.8) is 0 Å². The molecule has 37 heavy (non-hydrogen) atoms. The Labute approximate surface area is 218 Å². The fourth-order valence-electron chi connectivity index (χ4n) is 2.94. The monoisotopic (exact) mass is 574 g/mol. The molecule has 0 atom stereocenters. The quantitative estimate of drug-likeness (QED) is 0.313. The van der Waals surface area contributed by atoms with Crippen molar-refractivity contribution in [1.82, 2.24) is 19.5 Å². The van der Waals surface area contributed by atoms with Gasteiger partial charge in [0.2, 0.25) is 5.88 Å². The van der Waals surface area contributed by atoms with E-state index in [1.54, 1.807) is 12.1 Å². The maximum Gasteiger partial charge on any atom is 0.397 e. The smallest absolute Gasteiger partial charge is 0.397 e. The van der Waals surface area contributed by atoms with Crippen LogP contribution >= 0.6 is 11.6 Å². The lowest BCUT2D eigenvalue weighted by Crippen LogP contribution is -2.37. The van der Waals surface area contributed by atoms with Crippen LogP contribution in [0, 0.1) is 5.41 Å². The van der Waals surface area contributed by atoms with Crippen molar-refractivity contribution >= 4 is 40.8 Å². The molecule has 3 aromatic rings. The molecule has 201 valence electrons. The van der Waals surface area contributed by atoms with Crippen LogP contribution in [0.3, 0.4) is 0 Å². The summed E-state index contributed by atoms with van der Waals surface area (Å²) in [5, 5.41) is 4.79. The van der Waals surface area contributed by atoms with E-state index in [0.29, 0.717) is 0 Å². The van der Waals surface area contributed by atoms with Gasteiger partial charge in [0, 0.05) is 12.3 Å². The predicted octanol–water partition coefficient (Wildman–Crippen LogP) is 4.55. The molecule has 0 radical (unpaired) electrons. The van der Waals surface area contributed by atoms with Crippen LogP contribution in [0.1, 0.15) is 24.2 Å². The summed E-state index contributed by atoms with van der Waals surface area (Å²) in [7, 11) is -5.79. The number of halogens is 4. The second kappa shape index (κ2) is 10.1. The number of amides is 1. The molecule has 0 aliphatic heterocycles. The number of pyridine rings is 1. The Morgan fingerprint density at radius 1 is 1.08 bits per heavy atom. The van der Waals surface area contributed by atoms with Gasteiger partial charge in [0.1, 0.15) is 11.8 Å². The standard InChI is InChI=1S/C23H26ClF3N4O4SSi/c1-22(2,23(25,26)27)14-35-19-12-13-31(29-19)18-11-10-17(20(24)28-18)21(32)30-36(33,34)15-6-8-16(9-7-15)37(3,4)5/h6-13H,14H2,1-5H3,(H,30,32)/q-1. The van der Waals surface area contributed by atoms with Crippen LogP contribution in [0.15, 0.2) is 53.6 Å². The number of nitrogens with one attached hydrogen (secondary N) is 1. The van der Waals surface area contributed by atoms with Gasteiger partial charge < -0.3 is 4.74 Å². The van der Waals surface area contributed by atoms with Gasteiger partial charge in [-0.05, 0) is 38.1 Å². The maximum atomic E-state index is 13.0. The van der Waals surface area contributed by atoms with E-state index in [1.165, 1.54) is 41.2 Å². The van der Waals surface area contributed by atoms with Crippen molar-refractivity contribution in [2.75, 3.05) is 6.61 Å². The number of ether oxygens (including phenoxy) is 1. The number of hydrogen-bond donors (Lipinski definition) is 1. The molecule has 1 N–H and O–H groups in total. The topological polar surface area (TPSA) is 103 Å². The fourth-order valence-corrected chi connectivity index (χ4v) is 5.31. The summed E-state index contributed by atoms with van der Waals surface area (Å²) in [5.74, 6) is -0.906. The predicted molar refractivity (Wildman–Crippen MR) is 136 cm³/mol. The summed E-state index contributed by atoms with van der Waals surface area (Å²) < 4.78 is 72.8. The van der Waals surface area contributed by atoms with Gasteiger partial charge >= 0.3 is 6.18 Å². The number of nitrogens with zero attached hydrogens (tertiary/aromatic N) is 3. The third kappa shape index (κ3) is 6.70. The van der Waals surface area contributed by atoms with Crippen LogP contribution in [0.2, 0.25) is 24.8 Å². The number of alkyl halides is 3. The number of sulfonamides is 1. The van der Waals surface area contributed by atoms with Gasteiger partial charge in [-0.15, -0.1) is 13.2 Å². The van der Waals surface area contributed by atoms with Crippen LogP contribution in [-0.4, -0.2) is 49.9 Å². The number of benzene rings is 1. The average molecular weight is 575 g/mol. The number of rotatable bonds is 8. The zero-order chi connectivity index (χ0) is 27.8. The van der Waals surface area contributed by atoms with E-state index >= 15 is 0 Å². The van der Waals surface area contributed by atoms with E-state index in [9.17, 15) is 26.4 Å². The van der Waals surface area contributed by atoms with Crippen molar-refractivity contribution in [2.45, 2.75) is 44.6 Å². The molecular formula is C23H26ClF3N4O4SSi-. The van der Waals surface area contributed by atoms with Gasteiger partial charge in [-0.25, -0.2) is 22.8 Å². The van der Waals surface area contributed by atoms with Crippen molar-refractivity contribution in [1.29, 1.82) is 0 Å². The first-order valence-electron chi connectivity index (χ1n) is 11.0. The van der Waals surface area contributed by atoms with Crippen molar-refractivity contribution in [3.8, 4) is 11.7 Å². The Balaban J connectivity index is 1.72. The number of carbonyl (C=O) groups is 1. The lowest BCUT2D eigenvalue weighted by atomic mass is 9.94. The number of hydrogen-bond acceptors (Lipinski definition) is 6. The van der Waals surface area contributed by atoms with Gasteiger partial charge in [-0.2, -0.15) is 38.0 Å². The van der Waals surface area contributed by atoms with Crippen molar-refractivity contribution < 1.29 is 31.1 Å². The summed E-state index contributed by atoms with van der Waals surface area (Å²) in [6.45, 7) is 7.76. The largest absolute Gasteiger partial charge is 0.476 e. The first kappa shape index (κ1) is 28.7. The summed E-state index contributed by atoms with van der Waals surface area (Å²) in [6.07, 6.45) is -3.06. The highest BCUT2D eigenvalue weighted by molar-refractivity contribution is 7.90. The van der Waals surface area contributed by atoms with E-state index < -0.39 is 42.2 Å². The van der Waals surface area contributed by atoms with E-state index in [1.807, 2.05) is 4.72 Å². The molecule has 0 aliphatic rings. The average Bonchev–Trinajstić information content (AvgIpc) is 3.25. The van der Waals surface area contributed by atoms with Gasteiger partial charge in [-0.1, -0.05) is 23.7 Å². The molecule has 0 bridgehead atoms. The van der Waals surface area contributed by atoms with E-state index in [2.05, 4.69) is 29.7 Å². The Morgan fingerprint density at radius 3 is 2.24 bits per heavy atom. The maximum absolute atomic E-state index is 13.0. The highest BCUT2D eigenvalue weighted by Crippen LogP contribution is 2.37. The summed E-state index contributed by atoms with van der Waals surface area (Å²) in [6, 6.07) is 10.3. The Morgan fingerprint density at radius 2 is 1.70 bits per heavy atom. The minimum atomic E-state index is -4.45. The molecule has 1 aromatic carbocycles. The van der Waals surface area contributed by atoms with E-state index in [0.717, 1.165) is 19.0 Å². The normalized spacial score (nSPS) is 12.9. The van der Waals surface area contributed by atoms with Crippen LogP contribution in [0.25, 0.3) is 5.82 Å². The summed E-state index contributed by atoms with van der Waals surface area (Å²) in [5.41, 5.74) is -2.27. The molecule has 1 amide bonds. The first-order valence-corrected chi connectivity index (χ1v) is 16.4. The highest BCUT2D eigenvalue weighted by Gasteiger charge is 2.48. The lowest BCUT2D eigenvalue weighted by molar-refractivity contribution is -0.219. The Kier molecular flexibility index (Phi) is 7.83. The van der Waals surface area contributed by atoms with Crippen molar-refractivity contribution in [3.05, 3.63) is 59.4 Å². The molecule has 2 aromatic heterocycles. The van der Waals surface area contributed by atoms with Crippen LogP contribution in [0.5, 0.6) is 5.88 Å². The number of carbonyl (C=O) groups excluding carboxylic acids is 1. The molecule has 0 aliphatic carbocycles. The molecular weight excluding hydrogens is 549 g/mol. The second-order valence-corrected chi connectivity index (χ2v) is 17.1. The molecule has 0 unspecified atom stereocenters.